The average molecular weight is 306 g/mol. The van der Waals surface area contributed by atoms with Crippen LogP contribution in [0.4, 0.5) is 0 Å². The van der Waals surface area contributed by atoms with E-state index in [0.717, 1.165) is 24.2 Å². The van der Waals surface area contributed by atoms with Crippen LogP contribution < -0.4 is 10.5 Å². The van der Waals surface area contributed by atoms with Gasteiger partial charge in [-0.25, -0.2) is 0 Å². The third-order valence-electron chi connectivity index (χ3n) is 3.40. The van der Waals surface area contributed by atoms with Crippen molar-refractivity contribution >= 4 is 12.4 Å². The fourth-order valence-electron chi connectivity index (χ4n) is 2.17. The van der Waals surface area contributed by atoms with Gasteiger partial charge < -0.3 is 10.5 Å². The summed E-state index contributed by atoms with van der Waals surface area (Å²) < 4.78 is 5.83. The third kappa shape index (κ3) is 5.78. The van der Waals surface area contributed by atoms with E-state index in [9.17, 15) is 0 Å². The maximum absolute atomic E-state index is 6.20. The molecule has 0 aliphatic rings. The fourth-order valence-corrected chi connectivity index (χ4v) is 2.17. The molecule has 2 rings (SSSR count). The van der Waals surface area contributed by atoms with Gasteiger partial charge in [-0.15, -0.1) is 12.4 Å². The second-order valence-corrected chi connectivity index (χ2v) is 5.10. The van der Waals surface area contributed by atoms with Crippen LogP contribution in [0.2, 0.25) is 0 Å². The number of hydrogen-bond donors (Lipinski definition) is 1. The number of ether oxygens (including phenoxy) is 1. The summed E-state index contributed by atoms with van der Waals surface area (Å²) in [5.74, 6) is 0.887. The molecule has 0 aliphatic heterocycles. The molecule has 0 saturated heterocycles. The van der Waals surface area contributed by atoms with Gasteiger partial charge in [-0.2, -0.15) is 0 Å². The summed E-state index contributed by atoms with van der Waals surface area (Å²) >= 11 is 0. The lowest BCUT2D eigenvalue weighted by molar-refractivity contribution is 0.305. The predicted octanol–water partition coefficient (Wildman–Crippen LogP) is 4.88. The SMILES string of the molecule is CCCC[C@@H](N)c1cccc(OCc2ccccc2)c1.Cl. The zero-order chi connectivity index (χ0) is 14.2. The molecule has 2 nitrogen and oxygen atoms in total. The van der Waals surface area contributed by atoms with Gasteiger partial charge in [0.05, 0.1) is 0 Å². The molecular formula is C18H24ClNO. The summed E-state index contributed by atoms with van der Waals surface area (Å²) in [4.78, 5) is 0. The van der Waals surface area contributed by atoms with Crippen molar-refractivity contribution in [2.45, 2.75) is 38.8 Å². The van der Waals surface area contributed by atoms with E-state index in [1.807, 2.05) is 30.3 Å². The highest BCUT2D eigenvalue weighted by atomic mass is 35.5. The van der Waals surface area contributed by atoms with Crippen LogP contribution in [0.1, 0.15) is 43.4 Å². The van der Waals surface area contributed by atoms with Crippen LogP contribution >= 0.6 is 12.4 Å². The monoisotopic (exact) mass is 305 g/mol. The summed E-state index contributed by atoms with van der Waals surface area (Å²) in [6, 6.07) is 18.4. The summed E-state index contributed by atoms with van der Waals surface area (Å²) in [7, 11) is 0. The summed E-state index contributed by atoms with van der Waals surface area (Å²) in [5, 5.41) is 0. The van der Waals surface area contributed by atoms with E-state index in [1.165, 1.54) is 12.0 Å². The number of hydrogen-bond acceptors (Lipinski definition) is 2. The van der Waals surface area contributed by atoms with Crippen molar-refractivity contribution in [2.75, 3.05) is 0 Å². The second-order valence-electron chi connectivity index (χ2n) is 5.10. The number of unbranched alkanes of at least 4 members (excludes halogenated alkanes) is 1. The van der Waals surface area contributed by atoms with Gasteiger partial charge in [0.25, 0.3) is 0 Å². The number of halogens is 1. The summed E-state index contributed by atoms with van der Waals surface area (Å²) in [6.45, 7) is 2.78. The van der Waals surface area contributed by atoms with Gasteiger partial charge in [0.1, 0.15) is 12.4 Å². The van der Waals surface area contributed by atoms with Crippen LogP contribution in [-0.2, 0) is 6.61 Å². The van der Waals surface area contributed by atoms with E-state index in [0.29, 0.717) is 6.61 Å². The first-order chi connectivity index (χ1) is 9.79. The van der Waals surface area contributed by atoms with Gasteiger partial charge in [0.15, 0.2) is 0 Å². The molecule has 0 amide bonds. The minimum atomic E-state index is 0. The molecular weight excluding hydrogens is 282 g/mol. The van der Waals surface area contributed by atoms with Crippen LogP contribution in [0.5, 0.6) is 5.75 Å². The molecule has 114 valence electrons. The molecule has 0 heterocycles. The van der Waals surface area contributed by atoms with Crippen LogP contribution in [0.25, 0.3) is 0 Å². The standard InChI is InChI=1S/C18H23NO.ClH/c1-2-3-12-18(19)16-10-7-11-17(13-16)20-14-15-8-5-4-6-9-15;/h4-11,13,18H,2-3,12,14,19H2,1H3;1H/t18-;/m1./s1. The quantitative estimate of drug-likeness (QED) is 0.791. The first kappa shape index (κ1) is 17.5. The Labute approximate surface area is 133 Å². The van der Waals surface area contributed by atoms with Crippen molar-refractivity contribution in [3.63, 3.8) is 0 Å². The smallest absolute Gasteiger partial charge is 0.120 e. The molecule has 0 bridgehead atoms. The minimum Gasteiger partial charge on any atom is -0.489 e. The van der Waals surface area contributed by atoms with Crippen LogP contribution in [0.3, 0.4) is 0 Å². The van der Waals surface area contributed by atoms with E-state index >= 15 is 0 Å². The number of benzene rings is 2. The van der Waals surface area contributed by atoms with Crippen molar-refractivity contribution in [2.24, 2.45) is 5.73 Å². The minimum absolute atomic E-state index is 0. The number of rotatable bonds is 7. The molecule has 2 N–H and O–H groups in total. The zero-order valence-corrected chi connectivity index (χ0v) is 13.3. The molecule has 1 atom stereocenters. The highest BCUT2D eigenvalue weighted by Crippen LogP contribution is 2.22. The van der Waals surface area contributed by atoms with Crippen molar-refractivity contribution < 1.29 is 4.74 Å². The molecule has 3 heteroatoms. The Morgan fingerprint density at radius 2 is 1.81 bits per heavy atom. The molecule has 21 heavy (non-hydrogen) atoms. The number of nitrogens with two attached hydrogens (primary N) is 1. The predicted molar refractivity (Wildman–Crippen MR) is 90.9 cm³/mol. The van der Waals surface area contributed by atoms with Crippen molar-refractivity contribution in [1.29, 1.82) is 0 Å². The van der Waals surface area contributed by atoms with Gasteiger partial charge >= 0.3 is 0 Å². The van der Waals surface area contributed by atoms with E-state index in [4.69, 9.17) is 10.5 Å². The highest BCUT2D eigenvalue weighted by molar-refractivity contribution is 5.85. The van der Waals surface area contributed by atoms with Gasteiger partial charge in [-0.3, -0.25) is 0 Å². The van der Waals surface area contributed by atoms with Gasteiger partial charge in [0.2, 0.25) is 0 Å². The van der Waals surface area contributed by atoms with Crippen LogP contribution in [0, 0.1) is 0 Å². The molecule has 0 aliphatic carbocycles. The Balaban J connectivity index is 0.00000220. The molecule has 0 radical (unpaired) electrons. The summed E-state index contributed by atoms with van der Waals surface area (Å²) in [5.41, 5.74) is 8.53. The normalized spacial score (nSPS) is 11.5. The third-order valence-corrected chi connectivity index (χ3v) is 3.40. The van der Waals surface area contributed by atoms with Crippen molar-refractivity contribution in [3.05, 3.63) is 65.7 Å². The fraction of sp³-hybridized carbons (Fsp3) is 0.333. The van der Waals surface area contributed by atoms with Crippen molar-refractivity contribution in [3.8, 4) is 5.75 Å². The maximum Gasteiger partial charge on any atom is 0.120 e. The average Bonchev–Trinajstić information content (AvgIpc) is 2.52. The van der Waals surface area contributed by atoms with E-state index in [2.05, 4.69) is 31.2 Å². The maximum atomic E-state index is 6.20. The largest absolute Gasteiger partial charge is 0.489 e. The topological polar surface area (TPSA) is 35.2 Å². The molecule has 0 aromatic heterocycles. The Morgan fingerprint density at radius 3 is 2.52 bits per heavy atom. The molecule has 2 aromatic rings. The first-order valence-electron chi connectivity index (χ1n) is 7.32. The Morgan fingerprint density at radius 1 is 1.05 bits per heavy atom. The van der Waals surface area contributed by atoms with Gasteiger partial charge in [-0.05, 0) is 29.7 Å². The molecule has 0 spiro atoms. The lowest BCUT2D eigenvalue weighted by atomic mass is 10.0. The highest BCUT2D eigenvalue weighted by Gasteiger charge is 2.06. The molecule has 0 fully saturated rings. The lowest BCUT2D eigenvalue weighted by Gasteiger charge is -2.13. The van der Waals surface area contributed by atoms with Crippen LogP contribution in [0.15, 0.2) is 54.6 Å². The Bertz CT molecular complexity index is 516. The van der Waals surface area contributed by atoms with Crippen molar-refractivity contribution in [1.82, 2.24) is 0 Å². The molecule has 2 aromatic carbocycles. The van der Waals surface area contributed by atoms with E-state index in [-0.39, 0.29) is 18.4 Å². The molecule has 0 saturated carbocycles. The van der Waals surface area contributed by atoms with Gasteiger partial charge in [-0.1, -0.05) is 62.2 Å². The lowest BCUT2D eigenvalue weighted by Crippen LogP contribution is -2.10. The van der Waals surface area contributed by atoms with Crippen LogP contribution in [-0.4, -0.2) is 0 Å². The molecule has 0 unspecified atom stereocenters. The zero-order valence-electron chi connectivity index (χ0n) is 12.5. The first-order valence-corrected chi connectivity index (χ1v) is 7.32. The van der Waals surface area contributed by atoms with Gasteiger partial charge in [0, 0.05) is 6.04 Å². The van der Waals surface area contributed by atoms with E-state index in [1.54, 1.807) is 0 Å². The Kier molecular flexibility index (Phi) is 7.88. The van der Waals surface area contributed by atoms with E-state index < -0.39 is 0 Å². The summed E-state index contributed by atoms with van der Waals surface area (Å²) in [6.07, 6.45) is 3.37. The Hall–Kier alpha value is -1.51. The second kappa shape index (κ2) is 9.43.